The molecule has 0 radical (unpaired) electrons. The van der Waals surface area contributed by atoms with Gasteiger partial charge in [-0.15, -0.1) is 0 Å². The molecule has 0 spiro atoms. The standard InChI is InChI=1S/C7H9NO/c8-6-9-5-7-3-1-2-4-7/h1-3,6,8H,4-5H2. The maximum absolute atomic E-state index is 6.57. The van der Waals surface area contributed by atoms with Gasteiger partial charge in [0.05, 0.1) is 0 Å². The predicted octanol–water partition coefficient (Wildman–Crippen LogP) is 1.50. The molecule has 0 aromatic carbocycles. The first-order chi connectivity index (χ1) is 4.43. The van der Waals surface area contributed by atoms with Crippen molar-refractivity contribution in [2.75, 3.05) is 6.61 Å². The van der Waals surface area contributed by atoms with Gasteiger partial charge >= 0.3 is 0 Å². The minimum absolute atomic E-state index is 0.566. The number of ether oxygens (including phenoxy) is 1. The molecule has 0 atom stereocenters. The summed E-state index contributed by atoms with van der Waals surface area (Å²) in [6.07, 6.45) is 8.04. The van der Waals surface area contributed by atoms with Crippen molar-refractivity contribution in [2.24, 2.45) is 0 Å². The lowest BCUT2D eigenvalue weighted by Crippen LogP contribution is -1.92. The first-order valence-corrected chi connectivity index (χ1v) is 2.88. The topological polar surface area (TPSA) is 33.1 Å². The van der Waals surface area contributed by atoms with E-state index in [-0.39, 0.29) is 0 Å². The molecule has 48 valence electrons. The smallest absolute Gasteiger partial charge is 0.167 e. The van der Waals surface area contributed by atoms with Crippen molar-refractivity contribution in [3.63, 3.8) is 0 Å². The van der Waals surface area contributed by atoms with Crippen molar-refractivity contribution in [2.45, 2.75) is 6.42 Å². The van der Waals surface area contributed by atoms with Gasteiger partial charge in [0.2, 0.25) is 0 Å². The molecule has 0 aromatic rings. The molecular weight excluding hydrogens is 114 g/mol. The maximum Gasteiger partial charge on any atom is 0.167 e. The molecule has 2 nitrogen and oxygen atoms in total. The lowest BCUT2D eigenvalue weighted by atomic mass is 10.2. The zero-order valence-corrected chi connectivity index (χ0v) is 5.13. The second kappa shape index (κ2) is 3.07. The molecule has 0 unspecified atom stereocenters. The lowest BCUT2D eigenvalue weighted by molar-refractivity contribution is 0.352. The van der Waals surface area contributed by atoms with Crippen LogP contribution in [0.1, 0.15) is 6.42 Å². The van der Waals surface area contributed by atoms with Gasteiger partial charge < -0.3 is 4.74 Å². The van der Waals surface area contributed by atoms with Crippen LogP contribution in [0.15, 0.2) is 23.8 Å². The Morgan fingerprint density at radius 1 is 1.78 bits per heavy atom. The number of nitrogens with one attached hydrogen (secondary N) is 1. The van der Waals surface area contributed by atoms with Gasteiger partial charge in [0.15, 0.2) is 6.40 Å². The average molecular weight is 123 g/mol. The number of hydrogen-bond donors (Lipinski definition) is 1. The van der Waals surface area contributed by atoms with E-state index < -0.39 is 0 Å². The van der Waals surface area contributed by atoms with E-state index >= 15 is 0 Å². The van der Waals surface area contributed by atoms with E-state index in [9.17, 15) is 0 Å². The van der Waals surface area contributed by atoms with Gasteiger partial charge in [0.1, 0.15) is 6.61 Å². The van der Waals surface area contributed by atoms with Crippen molar-refractivity contribution in [1.29, 1.82) is 5.41 Å². The quantitative estimate of drug-likeness (QED) is 0.447. The van der Waals surface area contributed by atoms with E-state index in [0.29, 0.717) is 6.61 Å². The molecule has 1 N–H and O–H groups in total. The highest BCUT2D eigenvalue weighted by Gasteiger charge is 1.96. The zero-order chi connectivity index (χ0) is 6.53. The summed E-state index contributed by atoms with van der Waals surface area (Å²) in [5.74, 6) is 0. The molecule has 0 fully saturated rings. The maximum atomic E-state index is 6.57. The molecule has 0 bridgehead atoms. The Bertz CT molecular complexity index is 158. The highest BCUT2D eigenvalue weighted by atomic mass is 16.5. The van der Waals surface area contributed by atoms with Crippen LogP contribution in [0.5, 0.6) is 0 Å². The third-order valence-electron chi connectivity index (χ3n) is 1.20. The molecule has 1 aliphatic carbocycles. The minimum atomic E-state index is 0.566. The second-order valence-electron chi connectivity index (χ2n) is 1.89. The summed E-state index contributed by atoms with van der Waals surface area (Å²) in [5.41, 5.74) is 1.23. The summed E-state index contributed by atoms with van der Waals surface area (Å²) in [5, 5.41) is 6.57. The van der Waals surface area contributed by atoms with E-state index in [1.54, 1.807) is 0 Å². The monoisotopic (exact) mass is 123 g/mol. The molecule has 1 aliphatic rings. The average Bonchev–Trinajstić information content (AvgIpc) is 2.34. The Hall–Kier alpha value is -1.05. The van der Waals surface area contributed by atoms with Crippen molar-refractivity contribution < 1.29 is 4.74 Å². The molecule has 0 amide bonds. The van der Waals surface area contributed by atoms with E-state index in [0.717, 1.165) is 12.8 Å². The predicted molar refractivity (Wildman–Crippen MR) is 36.6 cm³/mol. The SMILES string of the molecule is N=COCC1=CC=CC1. The van der Waals surface area contributed by atoms with Crippen molar-refractivity contribution >= 4 is 6.40 Å². The summed E-state index contributed by atoms with van der Waals surface area (Å²) in [7, 11) is 0. The van der Waals surface area contributed by atoms with Gasteiger partial charge in [0, 0.05) is 0 Å². The van der Waals surface area contributed by atoms with Gasteiger partial charge in [-0.05, 0) is 12.0 Å². The van der Waals surface area contributed by atoms with E-state index in [4.69, 9.17) is 10.1 Å². The fourth-order valence-electron chi connectivity index (χ4n) is 0.747. The summed E-state index contributed by atoms with van der Waals surface area (Å²) in [4.78, 5) is 0. The van der Waals surface area contributed by atoms with Crippen LogP contribution in [0.3, 0.4) is 0 Å². The van der Waals surface area contributed by atoms with E-state index in [1.807, 2.05) is 12.2 Å². The van der Waals surface area contributed by atoms with E-state index in [2.05, 4.69) is 6.08 Å². The summed E-state index contributed by atoms with van der Waals surface area (Å²) in [6.45, 7) is 0.566. The molecule has 0 aromatic heterocycles. The Balaban J connectivity index is 2.21. The van der Waals surface area contributed by atoms with Crippen molar-refractivity contribution in [3.8, 4) is 0 Å². The van der Waals surface area contributed by atoms with Gasteiger partial charge in [-0.25, -0.2) is 0 Å². The van der Waals surface area contributed by atoms with Crippen LogP contribution in [0, 0.1) is 5.41 Å². The second-order valence-corrected chi connectivity index (χ2v) is 1.89. The Labute approximate surface area is 54.3 Å². The molecule has 0 aliphatic heterocycles. The van der Waals surface area contributed by atoms with Crippen LogP contribution < -0.4 is 0 Å². The molecular formula is C7H9NO. The summed E-state index contributed by atoms with van der Waals surface area (Å²) >= 11 is 0. The number of allylic oxidation sites excluding steroid dienone is 3. The van der Waals surface area contributed by atoms with Crippen LogP contribution in [-0.4, -0.2) is 13.0 Å². The molecule has 1 rings (SSSR count). The van der Waals surface area contributed by atoms with Gasteiger partial charge in [-0.3, -0.25) is 5.41 Å². The largest absolute Gasteiger partial charge is 0.479 e. The molecule has 9 heavy (non-hydrogen) atoms. The van der Waals surface area contributed by atoms with Crippen LogP contribution in [0.4, 0.5) is 0 Å². The van der Waals surface area contributed by atoms with Crippen LogP contribution in [0.2, 0.25) is 0 Å². The lowest BCUT2D eigenvalue weighted by Gasteiger charge is -1.97. The first kappa shape index (κ1) is 6.08. The highest BCUT2D eigenvalue weighted by Crippen LogP contribution is 2.09. The molecule has 0 saturated carbocycles. The Morgan fingerprint density at radius 3 is 3.22 bits per heavy atom. The van der Waals surface area contributed by atoms with Gasteiger partial charge in [-0.2, -0.15) is 0 Å². The normalized spacial score (nSPS) is 15.3. The zero-order valence-electron chi connectivity index (χ0n) is 5.13. The van der Waals surface area contributed by atoms with Crippen LogP contribution >= 0.6 is 0 Å². The van der Waals surface area contributed by atoms with E-state index in [1.165, 1.54) is 5.57 Å². The fourth-order valence-corrected chi connectivity index (χ4v) is 0.747. The van der Waals surface area contributed by atoms with Crippen LogP contribution in [0.25, 0.3) is 0 Å². The first-order valence-electron chi connectivity index (χ1n) is 2.88. The minimum Gasteiger partial charge on any atom is -0.479 e. The Kier molecular flexibility index (Phi) is 2.07. The molecule has 0 saturated heterocycles. The van der Waals surface area contributed by atoms with Crippen molar-refractivity contribution in [1.82, 2.24) is 0 Å². The third-order valence-corrected chi connectivity index (χ3v) is 1.20. The highest BCUT2D eigenvalue weighted by molar-refractivity contribution is 5.42. The van der Waals surface area contributed by atoms with Crippen LogP contribution in [-0.2, 0) is 4.74 Å². The summed E-state index contributed by atoms with van der Waals surface area (Å²) < 4.78 is 4.75. The molecule has 0 heterocycles. The fraction of sp³-hybridized carbons (Fsp3) is 0.286. The van der Waals surface area contributed by atoms with Gasteiger partial charge in [0.25, 0.3) is 0 Å². The number of rotatable bonds is 3. The Morgan fingerprint density at radius 2 is 2.67 bits per heavy atom. The number of hydrogen-bond acceptors (Lipinski definition) is 2. The summed E-state index contributed by atoms with van der Waals surface area (Å²) in [6, 6.07) is 0. The van der Waals surface area contributed by atoms with Gasteiger partial charge in [-0.1, -0.05) is 18.2 Å². The third kappa shape index (κ3) is 1.72. The molecule has 2 heteroatoms. The van der Waals surface area contributed by atoms with Crippen molar-refractivity contribution in [3.05, 3.63) is 23.8 Å².